The number of urea groups is 1. The summed E-state index contributed by atoms with van der Waals surface area (Å²) >= 11 is 12.4. The summed E-state index contributed by atoms with van der Waals surface area (Å²) in [6.07, 6.45) is -2.71. The monoisotopic (exact) mass is 727 g/mol. The number of nitrogens with one attached hydrogen (secondary N) is 1. The number of aromatic nitrogens is 1. The second-order valence-electron chi connectivity index (χ2n) is 12.8. The van der Waals surface area contributed by atoms with Gasteiger partial charge in [-0.1, -0.05) is 65.2 Å². The summed E-state index contributed by atoms with van der Waals surface area (Å²) in [7, 11) is 0. The third-order valence-corrected chi connectivity index (χ3v) is 10.9. The molecule has 6 atom stereocenters. The highest BCUT2D eigenvalue weighted by Gasteiger charge is 2.71. The fourth-order valence-corrected chi connectivity index (χ4v) is 8.59. The highest BCUT2D eigenvalue weighted by atomic mass is 35.5. The molecule has 7 rings (SSSR count). The molecule has 2 aliphatic carbocycles. The van der Waals surface area contributed by atoms with Crippen LogP contribution in [0.5, 0.6) is 5.75 Å². The minimum atomic E-state index is -4.77. The van der Waals surface area contributed by atoms with Gasteiger partial charge in [0.1, 0.15) is 5.75 Å². The van der Waals surface area contributed by atoms with E-state index in [4.69, 9.17) is 28.9 Å². The predicted molar refractivity (Wildman–Crippen MR) is 171 cm³/mol. The minimum absolute atomic E-state index is 0.00444. The van der Waals surface area contributed by atoms with Crippen LogP contribution in [0.3, 0.4) is 0 Å². The number of phenolic OH excluding ortho intramolecular Hbond substituents is 1. The molecule has 0 radical (unpaired) electrons. The number of alkyl halides is 3. The zero-order valence-corrected chi connectivity index (χ0v) is 27.4. The molecule has 1 saturated carbocycles. The van der Waals surface area contributed by atoms with Crippen LogP contribution in [-0.4, -0.2) is 49.7 Å². The fourth-order valence-electron chi connectivity index (χ4n) is 8.26. The topological polar surface area (TPSA) is 163 Å². The maximum Gasteiger partial charge on any atom is 0.417 e. The van der Waals surface area contributed by atoms with Gasteiger partial charge in [-0.2, -0.15) is 23.1 Å². The number of primary amides is 1. The normalized spacial score (nSPS) is 27.6. The number of aryl methyl sites for hydroxylation is 1. The minimum Gasteiger partial charge on any atom is -0.507 e. The molecule has 6 amide bonds. The van der Waals surface area contributed by atoms with Gasteiger partial charge in [0, 0.05) is 22.7 Å². The standard InChI is InChI=1S/C34H26Cl2F3N5O6/c1-14-3-2-4-20(26(14)45)25-18-9-10-19-24(30(48)43(28(19)46)32(40)50)21(18)12-22-29(47)44(31(49)33(22,25)15-5-7-17(35)8-6-15)42-27-23(36)11-16(13-41-27)34(37,38)39/h2-9,11,13,19,21-22,24-25,45H,10,12H2,1H3,(H2,40,50)(H,41,42)/t19-,21+,22-,24-,25+,33+/m0/s1. The first kappa shape index (κ1) is 33.5. The molecule has 3 fully saturated rings. The second kappa shape index (κ2) is 11.6. The van der Waals surface area contributed by atoms with Gasteiger partial charge < -0.3 is 10.8 Å². The van der Waals surface area contributed by atoms with Crippen molar-refractivity contribution in [3.63, 3.8) is 0 Å². The summed E-state index contributed by atoms with van der Waals surface area (Å²) in [4.78, 5) is 73.0. The summed E-state index contributed by atoms with van der Waals surface area (Å²) in [5.74, 6) is -9.21. The molecular weight excluding hydrogens is 702 g/mol. The Morgan fingerprint density at radius 1 is 1.04 bits per heavy atom. The quantitative estimate of drug-likeness (QED) is 0.235. The van der Waals surface area contributed by atoms with Crippen LogP contribution in [0.1, 0.15) is 41.0 Å². The lowest BCUT2D eigenvalue weighted by molar-refractivity contribution is -0.140. The number of nitrogens with zero attached hydrogens (tertiary/aromatic N) is 3. The summed E-state index contributed by atoms with van der Waals surface area (Å²) in [5.41, 5.74) is 6.47. The molecule has 0 unspecified atom stereocenters. The van der Waals surface area contributed by atoms with E-state index in [2.05, 4.69) is 10.4 Å². The first-order chi connectivity index (χ1) is 23.6. The number of carbonyl (C=O) groups is 5. The third kappa shape index (κ3) is 4.72. The van der Waals surface area contributed by atoms with E-state index in [-0.39, 0.29) is 24.2 Å². The van der Waals surface area contributed by atoms with Crippen molar-refractivity contribution < 1.29 is 42.3 Å². The van der Waals surface area contributed by atoms with Crippen molar-refractivity contribution >= 4 is 58.7 Å². The fraction of sp³-hybridized carbons (Fsp3) is 0.294. The second-order valence-corrected chi connectivity index (χ2v) is 13.6. The Morgan fingerprint density at radius 3 is 2.38 bits per heavy atom. The van der Waals surface area contributed by atoms with E-state index >= 15 is 4.79 Å². The molecule has 50 heavy (non-hydrogen) atoms. The zero-order valence-electron chi connectivity index (χ0n) is 25.9. The number of likely N-dealkylation sites (tertiary alicyclic amines) is 1. The van der Waals surface area contributed by atoms with Gasteiger partial charge in [-0.15, -0.1) is 0 Å². The van der Waals surface area contributed by atoms with E-state index in [9.17, 15) is 37.5 Å². The smallest absolute Gasteiger partial charge is 0.417 e. The number of amides is 6. The van der Waals surface area contributed by atoms with Gasteiger partial charge >= 0.3 is 12.2 Å². The van der Waals surface area contributed by atoms with Crippen LogP contribution in [0.4, 0.5) is 23.8 Å². The lowest BCUT2D eigenvalue weighted by atomic mass is 9.49. The number of hydrogen-bond donors (Lipinski definition) is 3. The summed E-state index contributed by atoms with van der Waals surface area (Å²) in [5, 5.41) is 12.0. The van der Waals surface area contributed by atoms with E-state index < -0.39 is 87.2 Å². The molecule has 4 N–H and O–H groups in total. The van der Waals surface area contributed by atoms with E-state index in [1.807, 2.05) is 0 Å². The molecule has 2 aromatic carbocycles. The molecule has 1 aromatic heterocycles. The van der Waals surface area contributed by atoms with Crippen LogP contribution < -0.4 is 11.2 Å². The van der Waals surface area contributed by atoms with Gasteiger partial charge in [-0.3, -0.25) is 24.6 Å². The largest absolute Gasteiger partial charge is 0.507 e. The van der Waals surface area contributed by atoms with Crippen molar-refractivity contribution in [1.82, 2.24) is 14.9 Å². The van der Waals surface area contributed by atoms with Crippen molar-refractivity contribution in [1.29, 1.82) is 0 Å². The summed E-state index contributed by atoms with van der Waals surface area (Å²) < 4.78 is 40.1. The molecule has 2 saturated heterocycles. The van der Waals surface area contributed by atoms with Gasteiger partial charge in [-0.05, 0) is 55.0 Å². The number of para-hydroxylation sites is 1. The Morgan fingerprint density at radius 2 is 1.74 bits per heavy atom. The number of nitrogens with two attached hydrogens (primary N) is 1. The number of pyridine rings is 1. The average molecular weight is 729 g/mol. The van der Waals surface area contributed by atoms with Crippen LogP contribution in [0.15, 0.2) is 66.4 Å². The number of hydrazine groups is 1. The zero-order chi connectivity index (χ0) is 36.0. The number of halogens is 5. The third-order valence-electron chi connectivity index (χ3n) is 10.4. The Hall–Kier alpha value is -4.95. The first-order valence-electron chi connectivity index (χ1n) is 15.4. The summed E-state index contributed by atoms with van der Waals surface area (Å²) in [6, 6.07) is 10.5. The van der Waals surface area contributed by atoms with Gasteiger partial charge in [0.25, 0.3) is 11.8 Å². The first-order valence-corrected chi connectivity index (χ1v) is 16.1. The molecule has 0 spiro atoms. The van der Waals surface area contributed by atoms with Crippen molar-refractivity contribution in [2.24, 2.45) is 29.4 Å². The number of anilines is 1. The van der Waals surface area contributed by atoms with Gasteiger partial charge in [-0.25, -0.2) is 9.78 Å². The molecular formula is C34H26Cl2F3N5O6. The Labute approximate surface area is 291 Å². The van der Waals surface area contributed by atoms with Crippen molar-refractivity contribution in [2.75, 3.05) is 5.43 Å². The average Bonchev–Trinajstić information content (AvgIpc) is 3.44. The number of carbonyl (C=O) groups excluding carboxylic acids is 5. The van der Waals surface area contributed by atoms with Gasteiger partial charge in [0.15, 0.2) is 5.82 Å². The van der Waals surface area contributed by atoms with Gasteiger partial charge in [0.2, 0.25) is 11.8 Å². The Bertz CT molecular complexity index is 2060. The van der Waals surface area contributed by atoms with E-state index in [0.717, 1.165) is 0 Å². The Kier molecular flexibility index (Phi) is 7.75. The van der Waals surface area contributed by atoms with Crippen LogP contribution in [-0.2, 0) is 30.8 Å². The molecule has 0 bridgehead atoms. The maximum atomic E-state index is 15.1. The number of benzene rings is 2. The highest BCUT2D eigenvalue weighted by molar-refractivity contribution is 6.33. The van der Waals surface area contributed by atoms with E-state index in [1.165, 1.54) is 12.1 Å². The number of imide groups is 4. The summed E-state index contributed by atoms with van der Waals surface area (Å²) in [6.45, 7) is 1.65. The maximum absolute atomic E-state index is 15.1. The molecule has 2 aliphatic heterocycles. The highest BCUT2D eigenvalue weighted by Crippen LogP contribution is 2.65. The van der Waals surface area contributed by atoms with Crippen molar-refractivity contribution in [3.05, 3.63) is 98.7 Å². The molecule has 16 heteroatoms. The SMILES string of the molecule is Cc1cccc([C@H]2C3=CC[C@@H]4C(=O)N(C(N)=O)C(=O)[C@@H]4[C@@H]3C[C@H]3C(=O)N(Nc4ncc(C(F)(F)F)cc4Cl)C(=O)[C@@]23c2ccc(Cl)cc2)c1O. The molecule has 3 heterocycles. The van der Waals surface area contributed by atoms with Crippen LogP contribution in [0.25, 0.3) is 0 Å². The van der Waals surface area contributed by atoms with Crippen LogP contribution in [0.2, 0.25) is 10.0 Å². The molecule has 3 aromatic rings. The number of aromatic hydroxyl groups is 1. The lowest BCUT2D eigenvalue weighted by Gasteiger charge is -2.50. The number of rotatable bonds is 4. The molecule has 4 aliphatic rings. The van der Waals surface area contributed by atoms with Crippen molar-refractivity contribution in [3.8, 4) is 5.75 Å². The van der Waals surface area contributed by atoms with Crippen LogP contribution >= 0.6 is 23.2 Å². The molecule has 11 nitrogen and oxygen atoms in total. The van der Waals surface area contributed by atoms with E-state index in [1.54, 1.807) is 43.3 Å². The predicted octanol–water partition coefficient (Wildman–Crippen LogP) is 5.48. The number of hydrogen-bond acceptors (Lipinski definition) is 8. The number of phenols is 1. The van der Waals surface area contributed by atoms with E-state index in [0.29, 0.717) is 43.9 Å². The van der Waals surface area contributed by atoms with Crippen molar-refractivity contribution in [2.45, 2.75) is 37.3 Å². The molecule has 258 valence electrons. The Balaban J connectivity index is 1.45. The lowest BCUT2D eigenvalue weighted by Crippen LogP contribution is -2.53. The number of allylic oxidation sites excluding steroid dienone is 2. The van der Waals surface area contributed by atoms with Crippen LogP contribution in [0, 0.1) is 30.6 Å². The number of fused-ring (bicyclic) bond motifs is 4. The van der Waals surface area contributed by atoms with Gasteiger partial charge in [0.05, 0.1) is 33.8 Å².